The average molecular weight is 300 g/mol. The Morgan fingerprint density at radius 2 is 2.18 bits per heavy atom. The lowest BCUT2D eigenvalue weighted by molar-refractivity contribution is -0.0427. The molecule has 4 heteroatoms. The van der Waals surface area contributed by atoms with Crippen molar-refractivity contribution in [3.63, 3.8) is 0 Å². The highest BCUT2D eigenvalue weighted by Crippen LogP contribution is 2.32. The van der Waals surface area contributed by atoms with Crippen LogP contribution >= 0.6 is 15.9 Å². The summed E-state index contributed by atoms with van der Waals surface area (Å²) in [6, 6.07) is 2.02. The summed E-state index contributed by atoms with van der Waals surface area (Å²) in [5, 5.41) is 10.5. The van der Waals surface area contributed by atoms with E-state index < -0.39 is 5.60 Å². The van der Waals surface area contributed by atoms with Crippen molar-refractivity contribution in [2.45, 2.75) is 43.8 Å². The molecule has 1 aliphatic carbocycles. The molecule has 0 radical (unpaired) electrons. The summed E-state index contributed by atoms with van der Waals surface area (Å²) in [5.41, 5.74) is 0.495. The third kappa shape index (κ3) is 3.50. The molecular formula is C13H18BrNO2. The van der Waals surface area contributed by atoms with Gasteiger partial charge in [-0.05, 0) is 53.2 Å². The molecule has 1 heterocycles. The van der Waals surface area contributed by atoms with Gasteiger partial charge in [0, 0.05) is 30.4 Å². The molecule has 0 aliphatic heterocycles. The van der Waals surface area contributed by atoms with E-state index in [2.05, 4.69) is 20.9 Å². The highest BCUT2D eigenvalue weighted by Gasteiger charge is 2.33. The lowest BCUT2D eigenvalue weighted by Gasteiger charge is -2.35. The van der Waals surface area contributed by atoms with Crippen molar-refractivity contribution in [2.75, 3.05) is 7.11 Å². The fourth-order valence-corrected chi connectivity index (χ4v) is 2.89. The van der Waals surface area contributed by atoms with Gasteiger partial charge in [0.25, 0.3) is 0 Å². The SMILES string of the molecule is COC1CCC(O)(Cc2cncc(Br)c2)CC1. The highest BCUT2D eigenvalue weighted by atomic mass is 79.9. The Hall–Kier alpha value is -0.450. The first-order chi connectivity index (χ1) is 8.11. The fraction of sp³-hybridized carbons (Fsp3) is 0.615. The molecule has 1 aromatic heterocycles. The summed E-state index contributed by atoms with van der Waals surface area (Å²) in [4.78, 5) is 4.13. The first-order valence-corrected chi connectivity index (χ1v) is 6.75. The van der Waals surface area contributed by atoms with Crippen molar-refractivity contribution in [1.29, 1.82) is 0 Å². The van der Waals surface area contributed by atoms with Gasteiger partial charge in [-0.25, -0.2) is 0 Å². The molecule has 0 spiro atoms. The van der Waals surface area contributed by atoms with E-state index >= 15 is 0 Å². The van der Waals surface area contributed by atoms with Crippen LogP contribution in [-0.4, -0.2) is 28.9 Å². The van der Waals surface area contributed by atoms with Crippen molar-refractivity contribution in [3.05, 3.63) is 28.5 Å². The topological polar surface area (TPSA) is 42.4 Å². The molecule has 0 atom stereocenters. The van der Waals surface area contributed by atoms with Crippen LogP contribution in [0.2, 0.25) is 0 Å². The minimum absolute atomic E-state index is 0.316. The average Bonchev–Trinajstić information content (AvgIpc) is 2.29. The Morgan fingerprint density at radius 3 is 2.76 bits per heavy atom. The molecular weight excluding hydrogens is 282 g/mol. The monoisotopic (exact) mass is 299 g/mol. The van der Waals surface area contributed by atoms with Crippen molar-refractivity contribution in [1.82, 2.24) is 4.98 Å². The van der Waals surface area contributed by atoms with Gasteiger partial charge in [0.15, 0.2) is 0 Å². The van der Waals surface area contributed by atoms with Gasteiger partial charge in [-0.3, -0.25) is 4.98 Å². The standard InChI is InChI=1S/C13H18BrNO2/c1-17-12-2-4-13(16,5-3-12)7-10-6-11(14)9-15-8-10/h6,8-9,12,16H,2-5,7H2,1H3. The van der Waals surface area contributed by atoms with Crippen LogP contribution in [0.25, 0.3) is 0 Å². The van der Waals surface area contributed by atoms with Gasteiger partial charge in [-0.15, -0.1) is 0 Å². The maximum atomic E-state index is 10.5. The minimum Gasteiger partial charge on any atom is -0.390 e. The van der Waals surface area contributed by atoms with Crippen LogP contribution in [0.15, 0.2) is 22.9 Å². The molecule has 2 rings (SSSR count). The second-order valence-electron chi connectivity index (χ2n) is 4.85. The van der Waals surface area contributed by atoms with Crippen molar-refractivity contribution >= 4 is 15.9 Å². The minimum atomic E-state index is -0.586. The number of nitrogens with zero attached hydrogens (tertiary/aromatic N) is 1. The van der Waals surface area contributed by atoms with E-state index in [9.17, 15) is 5.11 Å². The molecule has 1 saturated carbocycles. The number of ether oxygens (including phenoxy) is 1. The third-order valence-electron chi connectivity index (χ3n) is 3.49. The zero-order chi connectivity index (χ0) is 12.3. The van der Waals surface area contributed by atoms with E-state index in [4.69, 9.17) is 4.74 Å². The molecule has 0 amide bonds. The van der Waals surface area contributed by atoms with Crippen LogP contribution in [-0.2, 0) is 11.2 Å². The number of pyridine rings is 1. The van der Waals surface area contributed by atoms with E-state index in [-0.39, 0.29) is 0 Å². The molecule has 1 fully saturated rings. The molecule has 3 nitrogen and oxygen atoms in total. The molecule has 1 aliphatic rings. The summed E-state index contributed by atoms with van der Waals surface area (Å²) in [6.45, 7) is 0. The lowest BCUT2D eigenvalue weighted by Crippen LogP contribution is -2.38. The van der Waals surface area contributed by atoms with Crippen LogP contribution in [0.4, 0.5) is 0 Å². The Balaban J connectivity index is 1.99. The molecule has 0 bridgehead atoms. The lowest BCUT2D eigenvalue weighted by atomic mass is 9.79. The van der Waals surface area contributed by atoms with Crippen LogP contribution in [0.3, 0.4) is 0 Å². The largest absolute Gasteiger partial charge is 0.390 e. The van der Waals surface area contributed by atoms with Crippen LogP contribution < -0.4 is 0 Å². The Kier molecular flexibility index (Phi) is 4.17. The Labute approximate surface area is 110 Å². The zero-order valence-corrected chi connectivity index (χ0v) is 11.6. The predicted octanol–water partition coefficient (Wildman–Crippen LogP) is 2.71. The second-order valence-corrected chi connectivity index (χ2v) is 5.76. The van der Waals surface area contributed by atoms with Crippen LogP contribution in [0.1, 0.15) is 31.2 Å². The van der Waals surface area contributed by atoms with Crippen LogP contribution in [0, 0.1) is 0 Å². The van der Waals surface area contributed by atoms with Gasteiger partial charge < -0.3 is 9.84 Å². The quantitative estimate of drug-likeness (QED) is 0.933. The summed E-state index contributed by atoms with van der Waals surface area (Å²) in [5.74, 6) is 0. The summed E-state index contributed by atoms with van der Waals surface area (Å²) in [6.07, 6.45) is 8.06. The van der Waals surface area contributed by atoms with Gasteiger partial charge >= 0.3 is 0 Å². The van der Waals surface area contributed by atoms with Crippen molar-refractivity contribution in [3.8, 4) is 0 Å². The first kappa shape index (κ1) is 13.0. The van der Waals surface area contributed by atoms with E-state index in [1.54, 1.807) is 13.3 Å². The molecule has 17 heavy (non-hydrogen) atoms. The molecule has 1 N–H and O–H groups in total. The number of aromatic nitrogens is 1. The van der Waals surface area contributed by atoms with Crippen LogP contribution in [0.5, 0.6) is 0 Å². The number of aliphatic hydroxyl groups is 1. The maximum Gasteiger partial charge on any atom is 0.0690 e. The van der Waals surface area contributed by atoms with Gasteiger partial charge in [0.05, 0.1) is 11.7 Å². The van der Waals surface area contributed by atoms with Crippen molar-refractivity contribution in [2.24, 2.45) is 0 Å². The Morgan fingerprint density at radius 1 is 1.47 bits per heavy atom. The Bertz CT molecular complexity index is 375. The van der Waals surface area contributed by atoms with E-state index in [1.165, 1.54) is 0 Å². The number of methoxy groups -OCH3 is 1. The van der Waals surface area contributed by atoms with E-state index in [0.717, 1.165) is 35.7 Å². The maximum absolute atomic E-state index is 10.5. The summed E-state index contributed by atoms with van der Waals surface area (Å²) >= 11 is 3.40. The van der Waals surface area contributed by atoms with Gasteiger partial charge in [0.1, 0.15) is 0 Å². The molecule has 0 unspecified atom stereocenters. The number of rotatable bonds is 3. The smallest absolute Gasteiger partial charge is 0.0690 e. The third-order valence-corrected chi connectivity index (χ3v) is 3.93. The molecule has 0 aromatic carbocycles. The molecule has 1 aromatic rings. The first-order valence-electron chi connectivity index (χ1n) is 5.96. The highest BCUT2D eigenvalue weighted by molar-refractivity contribution is 9.10. The molecule has 94 valence electrons. The normalized spacial score (nSPS) is 29.2. The molecule has 0 saturated heterocycles. The van der Waals surface area contributed by atoms with E-state index in [0.29, 0.717) is 12.5 Å². The zero-order valence-electron chi connectivity index (χ0n) is 10.0. The summed E-state index contributed by atoms with van der Waals surface area (Å²) in [7, 11) is 1.74. The van der Waals surface area contributed by atoms with Gasteiger partial charge in [-0.2, -0.15) is 0 Å². The predicted molar refractivity (Wildman–Crippen MR) is 69.9 cm³/mol. The summed E-state index contributed by atoms with van der Waals surface area (Å²) < 4.78 is 6.29. The van der Waals surface area contributed by atoms with Gasteiger partial charge in [0.2, 0.25) is 0 Å². The van der Waals surface area contributed by atoms with Crippen molar-refractivity contribution < 1.29 is 9.84 Å². The fourth-order valence-electron chi connectivity index (χ4n) is 2.47. The second kappa shape index (κ2) is 5.46. The number of halogens is 1. The number of hydrogen-bond donors (Lipinski definition) is 1. The number of hydrogen-bond acceptors (Lipinski definition) is 3. The van der Waals surface area contributed by atoms with Gasteiger partial charge in [-0.1, -0.05) is 0 Å². The van der Waals surface area contributed by atoms with E-state index in [1.807, 2.05) is 12.3 Å².